The molecule has 0 heterocycles. The highest BCUT2D eigenvalue weighted by Crippen LogP contribution is 2.50. The molecule has 0 fully saturated rings. The van der Waals surface area contributed by atoms with Crippen molar-refractivity contribution in [1.29, 1.82) is 0 Å². The summed E-state index contributed by atoms with van der Waals surface area (Å²) in [6.45, 7) is 9.24. The Balaban J connectivity index is 1.11. The maximum atomic E-state index is 5.56. The Morgan fingerprint density at radius 2 is 1.06 bits per heavy atom. The van der Waals surface area contributed by atoms with Crippen LogP contribution in [0.4, 0.5) is 0 Å². The fraction of sp³-hybridized carbons (Fsp3) is 0.174. The maximum Gasteiger partial charge on any atom is 0.119 e. The van der Waals surface area contributed by atoms with E-state index in [2.05, 4.69) is 149 Å². The molecule has 228 valence electrons. The van der Waals surface area contributed by atoms with Crippen LogP contribution in [0.2, 0.25) is 0 Å². The Labute approximate surface area is 276 Å². The van der Waals surface area contributed by atoms with Gasteiger partial charge in [0.25, 0.3) is 0 Å². The minimum atomic E-state index is -0.0853. The van der Waals surface area contributed by atoms with Crippen LogP contribution in [0.25, 0.3) is 76.5 Å². The average molecular weight is 607 g/mol. The molecular formula is C46H38O. The van der Waals surface area contributed by atoms with Gasteiger partial charge in [-0.2, -0.15) is 0 Å². The van der Waals surface area contributed by atoms with E-state index in [1.807, 2.05) is 0 Å². The molecule has 1 nitrogen and oxygen atoms in total. The number of hydrogen-bond acceptors (Lipinski definition) is 1. The summed E-state index contributed by atoms with van der Waals surface area (Å²) in [6.07, 6.45) is 1.11. The Morgan fingerprint density at radius 1 is 0.511 bits per heavy atom. The first-order valence-electron chi connectivity index (χ1n) is 16.9. The summed E-state index contributed by atoms with van der Waals surface area (Å²) < 4.78 is 5.56. The zero-order valence-corrected chi connectivity index (χ0v) is 27.7. The van der Waals surface area contributed by atoms with Crippen LogP contribution in [-0.2, 0) is 11.8 Å². The predicted molar refractivity (Wildman–Crippen MR) is 201 cm³/mol. The van der Waals surface area contributed by atoms with Gasteiger partial charge in [0.2, 0.25) is 0 Å². The molecule has 0 saturated heterocycles. The number of hydrogen-bond donors (Lipinski definition) is 0. The predicted octanol–water partition coefficient (Wildman–Crippen LogP) is 12.6. The highest BCUT2D eigenvalue weighted by molar-refractivity contribution is 6.25. The number of fused-ring (bicyclic) bond motifs is 4. The van der Waals surface area contributed by atoms with Crippen molar-refractivity contribution in [2.75, 3.05) is 7.11 Å². The summed E-state index contributed by atoms with van der Waals surface area (Å²) in [5.74, 6) is 1.55. The van der Waals surface area contributed by atoms with Gasteiger partial charge in [0.1, 0.15) is 5.75 Å². The van der Waals surface area contributed by atoms with E-state index >= 15 is 0 Å². The molecule has 0 saturated carbocycles. The minimum absolute atomic E-state index is 0.0853. The molecule has 0 amide bonds. The molecule has 8 aromatic carbocycles. The molecule has 0 spiro atoms. The summed E-state index contributed by atoms with van der Waals surface area (Å²) in [6, 6.07) is 46.0. The second-order valence-electron chi connectivity index (χ2n) is 14.5. The third-order valence-electron chi connectivity index (χ3n) is 10.7. The molecule has 9 rings (SSSR count). The van der Waals surface area contributed by atoms with Crippen molar-refractivity contribution in [3.05, 3.63) is 138 Å². The van der Waals surface area contributed by atoms with Crippen molar-refractivity contribution in [2.45, 2.75) is 39.5 Å². The lowest BCUT2D eigenvalue weighted by atomic mass is 9.81. The molecule has 0 bridgehead atoms. The second kappa shape index (κ2) is 10.2. The van der Waals surface area contributed by atoms with Crippen LogP contribution in [0, 0.1) is 5.92 Å². The molecule has 0 aliphatic heterocycles. The summed E-state index contributed by atoms with van der Waals surface area (Å²) in [5.41, 5.74) is 11.7. The Morgan fingerprint density at radius 3 is 1.81 bits per heavy atom. The fourth-order valence-electron chi connectivity index (χ4n) is 8.34. The van der Waals surface area contributed by atoms with E-state index in [1.165, 1.54) is 93.2 Å². The third kappa shape index (κ3) is 4.29. The van der Waals surface area contributed by atoms with E-state index in [0.29, 0.717) is 5.92 Å². The molecular weight excluding hydrogens is 569 g/mol. The van der Waals surface area contributed by atoms with Crippen LogP contribution < -0.4 is 4.74 Å². The molecule has 0 N–H and O–H groups in total. The van der Waals surface area contributed by atoms with Gasteiger partial charge in [-0.05, 0) is 136 Å². The van der Waals surface area contributed by atoms with Crippen LogP contribution in [0.1, 0.15) is 44.4 Å². The van der Waals surface area contributed by atoms with Gasteiger partial charge in [-0.3, -0.25) is 0 Å². The molecule has 1 aliphatic rings. The molecule has 0 aromatic heterocycles. The smallest absolute Gasteiger partial charge is 0.119 e. The van der Waals surface area contributed by atoms with Gasteiger partial charge in [0.15, 0.2) is 0 Å². The fourth-order valence-corrected chi connectivity index (χ4v) is 8.34. The highest BCUT2D eigenvalue weighted by Gasteiger charge is 2.36. The second-order valence-corrected chi connectivity index (χ2v) is 14.5. The third-order valence-corrected chi connectivity index (χ3v) is 10.7. The molecule has 0 atom stereocenters. The first kappa shape index (κ1) is 28.1. The zero-order valence-electron chi connectivity index (χ0n) is 27.7. The topological polar surface area (TPSA) is 9.23 Å². The summed E-state index contributed by atoms with van der Waals surface area (Å²) >= 11 is 0. The first-order valence-corrected chi connectivity index (χ1v) is 16.9. The molecule has 47 heavy (non-hydrogen) atoms. The molecule has 0 unspecified atom stereocenters. The first-order chi connectivity index (χ1) is 22.8. The average Bonchev–Trinajstić information content (AvgIpc) is 3.31. The van der Waals surface area contributed by atoms with Crippen LogP contribution in [-0.4, -0.2) is 7.11 Å². The lowest BCUT2D eigenvalue weighted by Crippen LogP contribution is -2.15. The van der Waals surface area contributed by atoms with Gasteiger partial charge in [0, 0.05) is 5.41 Å². The molecule has 8 aromatic rings. The van der Waals surface area contributed by atoms with Gasteiger partial charge in [0.05, 0.1) is 7.11 Å². The van der Waals surface area contributed by atoms with E-state index in [9.17, 15) is 0 Å². The van der Waals surface area contributed by atoms with Crippen LogP contribution >= 0.6 is 0 Å². The standard InChI is InChI=1S/C46H38O/c1-27(2)20-28-21-35-11-6-29-12-16-38(41-18-14-36(22-28)44(35)45(29)41)34-10-9-30-23-31(7-8-32(30)24-34)33-13-17-39-40-19-15-37(47-5)26-43(40)46(3,4)42(39)25-33/h6-19,21-27H,20H2,1-5H3. The van der Waals surface area contributed by atoms with Crippen molar-refractivity contribution in [2.24, 2.45) is 5.92 Å². The number of benzene rings is 8. The zero-order chi connectivity index (χ0) is 32.0. The number of methoxy groups -OCH3 is 1. The summed E-state index contributed by atoms with van der Waals surface area (Å²) in [4.78, 5) is 0. The molecule has 1 aliphatic carbocycles. The van der Waals surface area contributed by atoms with Crippen LogP contribution in [0.3, 0.4) is 0 Å². The summed E-state index contributed by atoms with van der Waals surface area (Å²) in [7, 11) is 1.74. The van der Waals surface area contributed by atoms with Gasteiger partial charge < -0.3 is 4.74 Å². The maximum absolute atomic E-state index is 5.56. The van der Waals surface area contributed by atoms with E-state index in [4.69, 9.17) is 4.74 Å². The lowest BCUT2D eigenvalue weighted by Gasteiger charge is -2.22. The summed E-state index contributed by atoms with van der Waals surface area (Å²) in [5, 5.41) is 10.6. The molecule has 0 radical (unpaired) electrons. The molecule has 1 heteroatoms. The van der Waals surface area contributed by atoms with Gasteiger partial charge in [-0.1, -0.05) is 119 Å². The van der Waals surface area contributed by atoms with Crippen molar-refractivity contribution >= 4 is 43.1 Å². The largest absolute Gasteiger partial charge is 0.497 e. The lowest BCUT2D eigenvalue weighted by molar-refractivity contribution is 0.413. The number of rotatable bonds is 5. The van der Waals surface area contributed by atoms with Crippen LogP contribution in [0.5, 0.6) is 5.75 Å². The van der Waals surface area contributed by atoms with E-state index < -0.39 is 0 Å². The van der Waals surface area contributed by atoms with Crippen molar-refractivity contribution in [1.82, 2.24) is 0 Å². The van der Waals surface area contributed by atoms with E-state index in [1.54, 1.807) is 7.11 Å². The SMILES string of the molecule is COc1ccc2c(c1)C(C)(C)c1cc(-c3ccc4cc(-c5ccc6ccc7cc(CC(C)C)cc8ccc5c6c78)ccc4c3)ccc1-2. The van der Waals surface area contributed by atoms with Gasteiger partial charge in [-0.25, -0.2) is 0 Å². The number of ether oxygens (including phenoxy) is 1. The Hall–Kier alpha value is -5.14. The highest BCUT2D eigenvalue weighted by atomic mass is 16.5. The normalized spacial score (nSPS) is 13.7. The van der Waals surface area contributed by atoms with E-state index in [0.717, 1.165) is 12.2 Å². The van der Waals surface area contributed by atoms with Crippen LogP contribution in [0.15, 0.2) is 121 Å². The van der Waals surface area contributed by atoms with Gasteiger partial charge >= 0.3 is 0 Å². The Kier molecular flexibility index (Phi) is 6.09. The van der Waals surface area contributed by atoms with Crippen molar-refractivity contribution in [3.63, 3.8) is 0 Å². The van der Waals surface area contributed by atoms with E-state index in [-0.39, 0.29) is 5.41 Å². The Bertz CT molecular complexity index is 2510. The monoisotopic (exact) mass is 606 g/mol. The quantitative estimate of drug-likeness (QED) is 0.177. The minimum Gasteiger partial charge on any atom is -0.497 e. The van der Waals surface area contributed by atoms with Crippen molar-refractivity contribution < 1.29 is 4.74 Å². The van der Waals surface area contributed by atoms with Gasteiger partial charge in [-0.15, -0.1) is 0 Å². The van der Waals surface area contributed by atoms with Crippen molar-refractivity contribution in [3.8, 4) is 39.1 Å².